The van der Waals surface area contributed by atoms with Gasteiger partial charge in [0.25, 0.3) is 5.91 Å². The first kappa shape index (κ1) is 12.9. The van der Waals surface area contributed by atoms with Crippen molar-refractivity contribution in [2.75, 3.05) is 19.6 Å². The van der Waals surface area contributed by atoms with Gasteiger partial charge in [0.15, 0.2) is 5.69 Å². The molecule has 6 nitrogen and oxygen atoms in total. The molecule has 0 unspecified atom stereocenters. The van der Waals surface area contributed by atoms with Crippen LogP contribution in [0, 0.1) is 5.41 Å². The zero-order valence-electron chi connectivity index (χ0n) is 11.9. The van der Waals surface area contributed by atoms with Crippen LogP contribution in [0.5, 0.6) is 0 Å². The molecule has 1 aromatic rings. The zero-order valence-corrected chi connectivity index (χ0v) is 11.9. The lowest BCUT2D eigenvalue weighted by atomic mass is 9.77. The highest BCUT2D eigenvalue weighted by molar-refractivity contribution is 5.92. The molecule has 112 valence electrons. The maximum Gasteiger partial charge on any atom is 0.276 e. The number of amides is 2. The van der Waals surface area contributed by atoms with Crippen molar-refractivity contribution in [2.45, 2.75) is 38.0 Å². The van der Waals surface area contributed by atoms with E-state index < -0.39 is 0 Å². The molecule has 2 aliphatic heterocycles. The van der Waals surface area contributed by atoms with E-state index in [0.717, 1.165) is 38.0 Å². The van der Waals surface area contributed by atoms with E-state index in [9.17, 15) is 9.59 Å². The van der Waals surface area contributed by atoms with Crippen molar-refractivity contribution < 1.29 is 14.1 Å². The molecule has 2 saturated heterocycles. The lowest BCUT2D eigenvalue weighted by molar-refractivity contribution is -0.119. The minimum Gasteiger partial charge on any atom is -0.360 e. The van der Waals surface area contributed by atoms with Crippen LogP contribution in [-0.2, 0) is 4.79 Å². The van der Waals surface area contributed by atoms with E-state index in [2.05, 4.69) is 10.5 Å². The van der Waals surface area contributed by atoms with Gasteiger partial charge in [-0.25, -0.2) is 0 Å². The predicted molar refractivity (Wildman–Crippen MR) is 73.7 cm³/mol. The minimum absolute atomic E-state index is 0.0437. The third-order valence-corrected chi connectivity index (χ3v) is 5.03. The minimum atomic E-state index is -0.0437. The van der Waals surface area contributed by atoms with Crippen LogP contribution in [0.2, 0.25) is 0 Å². The van der Waals surface area contributed by atoms with Gasteiger partial charge in [-0.1, -0.05) is 5.16 Å². The summed E-state index contributed by atoms with van der Waals surface area (Å²) in [4.78, 5) is 25.7. The van der Waals surface area contributed by atoms with Crippen LogP contribution in [0.25, 0.3) is 0 Å². The fraction of sp³-hybridized carbons (Fsp3) is 0.667. The van der Waals surface area contributed by atoms with E-state index in [1.165, 1.54) is 0 Å². The van der Waals surface area contributed by atoms with Gasteiger partial charge in [0, 0.05) is 38.0 Å². The first-order chi connectivity index (χ1) is 10.2. The molecule has 21 heavy (non-hydrogen) atoms. The summed E-state index contributed by atoms with van der Waals surface area (Å²) >= 11 is 0. The molecule has 0 aromatic carbocycles. The summed E-state index contributed by atoms with van der Waals surface area (Å²) in [5, 5.41) is 6.83. The number of carbonyl (C=O) groups is 2. The monoisotopic (exact) mass is 289 g/mol. The second-order valence-electron chi connectivity index (χ2n) is 6.63. The van der Waals surface area contributed by atoms with Gasteiger partial charge in [0.2, 0.25) is 5.91 Å². The second kappa shape index (κ2) is 4.58. The molecule has 4 rings (SSSR count). The number of hydrogen-bond acceptors (Lipinski definition) is 4. The SMILES string of the molecule is O=C1CC2(CCN(C(=O)c3cc(C4CC4)on3)CC2)CN1. The van der Waals surface area contributed by atoms with Crippen molar-refractivity contribution in [3.05, 3.63) is 17.5 Å². The summed E-state index contributed by atoms with van der Waals surface area (Å²) in [5.41, 5.74) is 0.491. The Balaban J connectivity index is 1.40. The molecule has 1 aliphatic carbocycles. The maximum absolute atomic E-state index is 12.4. The summed E-state index contributed by atoms with van der Waals surface area (Å²) in [6.45, 7) is 2.14. The molecule has 2 amide bonds. The number of rotatable bonds is 2. The van der Waals surface area contributed by atoms with Crippen LogP contribution in [0.1, 0.15) is 54.3 Å². The van der Waals surface area contributed by atoms with Gasteiger partial charge < -0.3 is 14.7 Å². The zero-order chi connectivity index (χ0) is 14.4. The first-order valence-electron chi connectivity index (χ1n) is 7.68. The Morgan fingerprint density at radius 3 is 2.76 bits per heavy atom. The Morgan fingerprint density at radius 1 is 1.38 bits per heavy atom. The molecule has 0 atom stereocenters. The van der Waals surface area contributed by atoms with Crippen molar-refractivity contribution in [1.82, 2.24) is 15.4 Å². The first-order valence-corrected chi connectivity index (χ1v) is 7.68. The Morgan fingerprint density at radius 2 is 2.14 bits per heavy atom. The summed E-state index contributed by atoms with van der Waals surface area (Å²) in [6.07, 6.45) is 4.63. The van der Waals surface area contributed by atoms with E-state index in [4.69, 9.17) is 4.52 Å². The third kappa shape index (κ3) is 2.32. The van der Waals surface area contributed by atoms with Gasteiger partial charge in [-0.15, -0.1) is 0 Å². The van der Waals surface area contributed by atoms with Gasteiger partial charge in [0.05, 0.1) is 0 Å². The van der Waals surface area contributed by atoms with Gasteiger partial charge in [-0.3, -0.25) is 9.59 Å². The topological polar surface area (TPSA) is 75.4 Å². The van der Waals surface area contributed by atoms with Crippen molar-refractivity contribution in [1.29, 1.82) is 0 Å². The molecule has 0 radical (unpaired) electrons. The number of nitrogens with one attached hydrogen (secondary N) is 1. The van der Waals surface area contributed by atoms with Crippen LogP contribution in [0.4, 0.5) is 0 Å². The molecule has 0 bridgehead atoms. The smallest absolute Gasteiger partial charge is 0.276 e. The third-order valence-electron chi connectivity index (χ3n) is 5.03. The highest BCUT2D eigenvalue weighted by atomic mass is 16.5. The van der Waals surface area contributed by atoms with E-state index in [-0.39, 0.29) is 17.2 Å². The van der Waals surface area contributed by atoms with Crippen LogP contribution in [0.15, 0.2) is 10.6 Å². The molecule has 1 spiro atoms. The standard InChI is InChI=1S/C15H19N3O3/c19-13-8-15(9-16-13)3-5-18(6-4-15)14(20)11-7-12(21-17-11)10-1-2-10/h7,10H,1-6,8-9H2,(H,16,19). The number of piperidine rings is 1. The average Bonchev–Trinajstić information content (AvgIpc) is 3.12. The largest absolute Gasteiger partial charge is 0.360 e. The molecule has 3 heterocycles. The lowest BCUT2D eigenvalue weighted by Gasteiger charge is -2.37. The van der Waals surface area contributed by atoms with E-state index in [1.54, 1.807) is 6.07 Å². The highest BCUT2D eigenvalue weighted by Crippen LogP contribution is 2.41. The van der Waals surface area contributed by atoms with E-state index >= 15 is 0 Å². The average molecular weight is 289 g/mol. The lowest BCUT2D eigenvalue weighted by Crippen LogP contribution is -2.44. The van der Waals surface area contributed by atoms with Crippen LogP contribution < -0.4 is 5.32 Å². The number of nitrogens with zero attached hydrogens (tertiary/aromatic N) is 2. The van der Waals surface area contributed by atoms with Crippen LogP contribution in [0.3, 0.4) is 0 Å². The van der Waals surface area contributed by atoms with E-state index in [0.29, 0.717) is 31.1 Å². The Labute approximate surface area is 122 Å². The van der Waals surface area contributed by atoms with Crippen LogP contribution in [-0.4, -0.2) is 41.5 Å². The number of likely N-dealkylation sites (tertiary alicyclic amines) is 1. The number of carbonyl (C=O) groups excluding carboxylic acids is 2. The summed E-state index contributed by atoms with van der Waals surface area (Å²) in [6, 6.07) is 1.80. The molecule has 1 N–H and O–H groups in total. The molecule has 6 heteroatoms. The van der Waals surface area contributed by atoms with Crippen molar-refractivity contribution in [3.8, 4) is 0 Å². The Kier molecular flexibility index (Phi) is 2.80. The van der Waals surface area contributed by atoms with Gasteiger partial charge in [-0.05, 0) is 31.1 Å². The summed E-state index contributed by atoms with van der Waals surface area (Å²) in [7, 11) is 0. The van der Waals surface area contributed by atoms with E-state index in [1.807, 2.05) is 4.90 Å². The molecule has 3 fully saturated rings. The van der Waals surface area contributed by atoms with Gasteiger partial charge in [-0.2, -0.15) is 0 Å². The van der Waals surface area contributed by atoms with Gasteiger partial charge in [0.1, 0.15) is 5.76 Å². The quantitative estimate of drug-likeness (QED) is 0.890. The predicted octanol–water partition coefficient (Wildman–Crippen LogP) is 1.29. The fourth-order valence-corrected chi connectivity index (χ4v) is 3.40. The highest BCUT2D eigenvalue weighted by Gasteiger charge is 2.42. The van der Waals surface area contributed by atoms with Gasteiger partial charge >= 0.3 is 0 Å². The molecule has 1 saturated carbocycles. The second-order valence-corrected chi connectivity index (χ2v) is 6.63. The molecule has 3 aliphatic rings. The normalized spacial score (nSPS) is 24.4. The maximum atomic E-state index is 12.4. The Hall–Kier alpha value is -1.85. The summed E-state index contributed by atoms with van der Waals surface area (Å²) in [5.74, 6) is 1.41. The van der Waals surface area contributed by atoms with Crippen LogP contribution >= 0.6 is 0 Å². The molecular formula is C15H19N3O3. The number of aromatic nitrogens is 1. The van der Waals surface area contributed by atoms with Crippen molar-refractivity contribution >= 4 is 11.8 Å². The molecule has 1 aromatic heterocycles. The summed E-state index contributed by atoms with van der Waals surface area (Å²) < 4.78 is 5.26. The number of hydrogen-bond donors (Lipinski definition) is 1. The fourth-order valence-electron chi connectivity index (χ4n) is 3.40. The van der Waals surface area contributed by atoms with Crippen molar-refractivity contribution in [3.63, 3.8) is 0 Å². The van der Waals surface area contributed by atoms with Crippen molar-refractivity contribution in [2.24, 2.45) is 5.41 Å². The Bertz CT molecular complexity index is 583. The molecular weight excluding hydrogens is 270 g/mol.